The quantitative estimate of drug-likeness (QED) is 0.857. The Morgan fingerprint density at radius 3 is 2.29 bits per heavy atom. The van der Waals surface area contributed by atoms with Gasteiger partial charge >= 0.3 is 0 Å². The van der Waals surface area contributed by atoms with Crippen molar-refractivity contribution < 1.29 is 0 Å². The van der Waals surface area contributed by atoms with Crippen LogP contribution in [0.15, 0.2) is 60.7 Å². The minimum absolute atomic E-state index is 0.164. The van der Waals surface area contributed by atoms with E-state index in [9.17, 15) is 0 Å². The molecule has 0 amide bonds. The molecule has 0 aliphatic carbocycles. The van der Waals surface area contributed by atoms with Gasteiger partial charge in [0, 0.05) is 37.1 Å². The Kier molecular flexibility index (Phi) is 5.37. The summed E-state index contributed by atoms with van der Waals surface area (Å²) in [5.74, 6) is 0. The molecule has 2 atom stereocenters. The van der Waals surface area contributed by atoms with E-state index in [1.807, 2.05) is 0 Å². The molecule has 24 heavy (non-hydrogen) atoms. The Morgan fingerprint density at radius 1 is 1.00 bits per heavy atom. The van der Waals surface area contributed by atoms with E-state index in [1.165, 1.54) is 17.5 Å². The van der Waals surface area contributed by atoms with Gasteiger partial charge in [-0.15, -0.1) is 0 Å². The zero-order chi connectivity index (χ0) is 17.0. The largest absolute Gasteiger partial charge is 0.312 e. The lowest BCUT2D eigenvalue weighted by Gasteiger charge is -2.28. The first-order valence-corrected chi connectivity index (χ1v) is 9.11. The fraction of sp³-hybridized carbons (Fsp3) is 0.455. The standard InChI is InChI=1S/C22H30N2/c1-18-14-21(16-24(18)15-19-10-6-4-7-11-19)23-17-22(2,3)20-12-8-5-9-13-20/h4-13,18,21,23H,14-17H2,1-3H3. The molecule has 0 spiro atoms. The van der Waals surface area contributed by atoms with Crippen molar-refractivity contribution in [1.82, 2.24) is 10.2 Å². The molecule has 3 rings (SSSR count). The molecule has 1 saturated heterocycles. The lowest BCUT2D eigenvalue weighted by Crippen LogP contribution is -2.40. The molecule has 1 aliphatic rings. The van der Waals surface area contributed by atoms with Gasteiger partial charge in [0.15, 0.2) is 0 Å². The van der Waals surface area contributed by atoms with Gasteiger partial charge in [-0.3, -0.25) is 4.90 Å². The van der Waals surface area contributed by atoms with E-state index < -0.39 is 0 Å². The molecular formula is C22H30N2. The van der Waals surface area contributed by atoms with E-state index in [4.69, 9.17) is 0 Å². The van der Waals surface area contributed by atoms with E-state index >= 15 is 0 Å². The smallest absolute Gasteiger partial charge is 0.0237 e. The third kappa shape index (κ3) is 4.25. The van der Waals surface area contributed by atoms with Crippen molar-refractivity contribution in [3.05, 3.63) is 71.8 Å². The normalized spacial score (nSPS) is 22.0. The van der Waals surface area contributed by atoms with Crippen LogP contribution in [0, 0.1) is 0 Å². The van der Waals surface area contributed by atoms with Crippen LogP contribution in [0.25, 0.3) is 0 Å². The Hall–Kier alpha value is -1.64. The molecule has 128 valence electrons. The zero-order valence-electron chi connectivity index (χ0n) is 15.2. The number of rotatable bonds is 6. The van der Waals surface area contributed by atoms with Gasteiger partial charge in [-0.25, -0.2) is 0 Å². The molecule has 0 radical (unpaired) electrons. The predicted molar refractivity (Wildman–Crippen MR) is 102 cm³/mol. The van der Waals surface area contributed by atoms with Crippen molar-refractivity contribution in [2.75, 3.05) is 13.1 Å². The van der Waals surface area contributed by atoms with Gasteiger partial charge in [-0.1, -0.05) is 74.5 Å². The lowest BCUT2D eigenvalue weighted by atomic mass is 9.84. The fourth-order valence-corrected chi connectivity index (χ4v) is 3.68. The van der Waals surface area contributed by atoms with Gasteiger partial charge in [-0.05, 0) is 24.5 Å². The third-order valence-corrected chi connectivity index (χ3v) is 5.32. The summed E-state index contributed by atoms with van der Waals surface area (Å²) >= 11 is 0. The molecule has 2 unspecified atom stereocenters. The van der Waals surface area contributed by atoms with Gasteiger partial charge in [0.05, 0.1) is 0 Å². The fourth-order valence-electron chi connectivity index (χ4n) is 3.68. The first kappa shape index (κ1) is 17.2. The Labute approximate surface area is 146 Å². The van der Waals surface area contributed by atoms with Crippen LogP contribution < -0.4 is 5.32 Å². The molecule has 0 bridgehead atoms. The van der Waals surface area contributed by atoms with Crippen LogP contribution in [0.1, 0.15) is 38.3 Å². The second-order valence-electron chi connectivity index (χ2n) is 7.83. The van der Waals surface area contributed by atoms with Crippen LogP contribution in [0.3, 0.4) is 0 Å². The van der Waals surface area contributed by atoms with E-state index in [0.29, 0.717) is 12.1 Å². The molecule has 2 aromatic rings. The summed E-state index contributed by atoms with van der Waals surface area (Å²) < 4.78 is 0. The van der Waals surface area contributed by atoms with Crippen LogP contribution in [-0.4, -0.2) is 30.1 Å². The highest BCUT2D eigenvalue weighted by Gasteiger charge is 2.30. The summed E-state index contributed by atoms with van der Waals surface area (Å²) in [6.45, 7) is 10.2. The topological polar surface area (TPSA) is 15.3 Å². The number of nitrogens with one attached hydrogen (secondary N) is 1. The number of likely N-dealkylation sites (tertiary alicyclic amines) is 1. The number of hydrogen-bond donors (Lipinski definition) is 1. The van der Waals surface area contributed by atoms with Crippen LogP contribution in [-0.2, 0) is 12.0 Å². The van der Waals surface area contributed by atoms with Crippen molar-refractivity contribution in [2.24, 2.45) is 0 Å². The highest BCUT2D eigenvalue weighted by Crippen LogP contribution is 2.24. The molecular weight excluding hydrogens is 292 g/mol. The Balaban J connectivity index is 1.54. The van der Waals surface area contributed by atoms with Gasteiger partial charge in [-0.2, -0.15) is 0 Å². The summed E-state index contributed by atoms with van der Waals surface area (Å²) in [5.41, 5.74) is 2.98. The predicted octanol–water partition coefficient (Wildman–Crippen LogP) is 4.22. The summed E-state index contributed by atoms with van der Waals surface area (Å²) in [5, 5.41) is 3.82. The molecule has 2 nitrogen and oxygen atoms in total. The maximum absolute atomic E-state index is 3.82. The summed E-state index contributed by atoms with van der Waals surface area (Å²) in [7, 11) is 0. The molecule has 2 aromatic carbocycles. The van der Waals surface area contributed by atoms with E-state index in [0.717, 1.165) is 19.6 Å². The Bertz CT molecular complexity index is 621. The second-order valence-corrected chi connectivity index (χ2v) is 7.83. The van der Waals surface area contributed by atoms with Crippen LogP contribution in [0.2, 0.25) is 0 Å². The maximum Gasteiger partial charge on any atom is 0.0237 e. The van der Waals surface area contributed by atoms with Crippen LogP contribution >= 0.6 is 0 Å². The average molecular weight is 322 g/mol. The van der Waals surface area contributed by atoms with Gasteiger partial charge in [0.25, 0.3) is 0 Å². The van der Waals surface area contributed by atoms with Crippen molar-refractivity contribution in [1.29, 1.82) is 0 Å². The summed E-state index contributed by atoms with van der Waals surface area (Å²) in [6, 6.07) is 22.9. The van der Waals surface area contributed by atoms with Crippen molar-refractivity contribution >= 4 is 0 Å². The van der Waals surface area contributed by atoms with Crippen molar-refractivity contribution in [3.63, 3.8) is 0 Å². The first-order valence-electron chi connectivity index (χ1n) is 9.11. The molecule has 1 heterocycles. The summed E-state index contributed by atoms with van der Waals surface area (Å²) in [4.78, 5) is 2.60. The minimum atomic E-state index is 0.164. The SMILES string of the molecule is CC1CC(NCC(C)(C)c2ccccc2)CN1Cc1ccccc1. The second kappa shape index (κ2) is 7.50. The van der Waals surface area contributed by atoms with Crippen LogP contribution in [0.5, 0.6) is 0 Å². The number of nitrogens with zero attached hydrogens (tertiary/aromatic N) is 1. The highest BCUT2D eigenvalue weighted by molar-refractivity contribution is 5.24. The lowest BCUT2D eigenvalue weighted by molar-refractivity contribution is 0.256. The van der Waals surface area contributed by atoms with E-state index in [-0.39, 0.29) is 5.41 Å². The van der Waals surface area contributed by atoms with Crippen molar-refractivity contribution in [2.45, 2.75) is 51.2 Å². The monoisotopic (exact) mass is 322 g/mol. The van der Waals surface area contributed by atoms with Crippen LogP contribution in [0.4, 0.5) is 0 Å². The maximum atomic E-state index is 3.82. The molecule has 0 aromatic heterocycles. The minimum Gasteiger partial charge on any atom is -0.312 e. The number of hydrogen-bond acceptors (Lipinski definition) is 2. The molecule has 1 aliphatic heterocycles. The molecule has 1 N–H and O–H groups in total. The van der Waals surface area contributed by atoms with Crippen molar-refractivity contribution in [3.8, 4) is 0 Å². The van der Waals surface area contributed by atoms with E-state index in [2.05, 4.69) is 91.7 Å². The summed E-state index contributed by atoms with van der Waals surface area (Å²) in [6.07, 6.45) is 1.23. The van der Waals surface area contributed by atoms with Gasteiger partial charge < -0.3 is 5.32 Å². The molecule has 1 fully saturated rings. The van der Waals surface area contributed by atoms with E-state index in [1.54, 1.807) is 0 Å². The zero-order valence-corrected chi connectivity index (χ0v) is 15.2. The first-order chi connectivity index (χ1) is 11.5. The Morgan fingerprint density at radius 2 is 1.62 bits per heavy atom. The third-order valence-electron chi connectivity index (χ3n) is 5.32. The average Bonchev–Trinajstić information content (AvgIpc) is 2.95. The van der Waals surface area contributed by atoms with Gasteiger partial charge in [0.1, 0.15) is 0 Å². The molecule has 2 heteroatoms. The number of benzene rings is 2. The molecule has 0 saturated carbocycles. The highest BCUT2D eigenvalue weighted by atomic mass is 15.2. The van der Waals surface area contributed by atoms with Gasteiger partial charge in [0.2, 0.25) is 0 Å².